The van der Waals surface area contributed by atoms with E-state index in [4.69, 9.17) is 0 Å². The van der Waals surface area contributed by atoms with Gasteiger partial charge in [-0.3, -0.25) is 0 Å². The molecule has 0 unspecified atom stereocenters. The summed E-state index contributed by atoms with van der Waals surface area (Å²) in [6, 6.07) is 5.52. The van der Waals surface area contributed by atoms with E-state index in [0.717, 1.165) is 36.2 Å². The molecule has 90 valence electrons. The van der Waals surface area contributed by atoms with Crippen molar-refractivity contribution in [2.75, 3.05) is 13.1 Å². The number of benzene rings is 1. The van der Waals surface area contributed by atoms with Crippen molar-refractivity contribution in [1.29, 1.82) is 0 Å². The molecule has 3 rings (SSSR count). The first kappa shape index (κ1) is 11.2. The largest absolute Gasteiger partial charge is 0.317 e. The summed E-state index contributed by atoms with van der Waals surface area (Å²) in [6.45, 7) is 2.01. The predicted octanol–water partition coefficient (Wildman–Crippen LogP) is 2.86. The van der Waals surface area contributed by atoms with Gasteiger partial charge in [-0.1, -0.05) is 6.07 Å². The van der Waals surface area contributed by atoms with E-state index in [1.807, 2.05) is 6.07 Å². The number of hydrogen-bond donors (Lipinski definition) is 1. The fourth-order valence-corrected chi connectivity index (χ4v) is 3.12. The highest BCUT2D eigenvalue weighted by molar-refractivity contribution is 9.10. The highest BCUT2D eigenvalue weighted by Gasteiger charge is 2.21. The number of nitrogens with one attached hydrogen (secondary N) is 1. The standard InChI is InChI=1S/C12H13BrFN3/c13-12-16-11-9(14)2-1-3-10(11)17(12)8-4-6-15-7-5-8/h1-3,8,15H,4-7H2. The van der Waals surface area contributed by atoms with Crippen molar-refractivity contribution in [1.82, 2.24) is 14.9 Å². The first-order chi connectivity index (χ1) is 8.27. The van der Waals surface area contributed by atoms with Crippen LogP contribution in [0.4, 0.5) is 4.39 Å². The molecular formula is C12H13BrFN3. The van der Waals surface area contributed by atoms with Crippen LogP contribution in [0.2, 0.25) is 0 Å². The maximum absolute atomic E-state index is 13.6. The lowest BCUT2D eigenvalue weighted by atomic mass is 10.1. The number of piperidine rings is 1. The second kappa shape index (κ2) is 4.38. The van der Waals surface area contributed by atoms with Crippen molar-refractivity contribution >= 4 is 27.0 Å². The lowest BCUT2D eigenvalue weighted by molar-refractivity contribution is 0.370. The minimum atomic E-state index is -0.254. The van der Waals surface area contributed by atoms with Gasteiger partial charge < -0.3 is 9.88 Å². The predicted molar refractivity (Wildman–Crippen MR) is 68.5 cm³/mol. The van der Waals surface area contributed by atoms with Crippen LogP contribution >= 0.6 is 15.9 Å². The van der Waals surface area contributed by atoms with Crippen molar-refractivity contribution in [3.05, 3.63) is 28.7 Å². The molecule has 0 spiro atoms. The number of aromatic nitrogens is 2. The van der Waals surface area contributed by atoms with Gasteiger partial charge in [0.15, 0.2) is 10.6 Å². The minimum Gasteiger partial charge on any atom is -0.317 e. The second-order valence-electron chi connectivity index (χ2n) is 4.34. The molecule has 1 aliphatic heterocycles. The van der Waals surface area contributed by atoms with Crippen LogP contribution in [0, 0.1) is 5.82 Å². The molecule has 0 aliphatic carbocycles. The smallest absolute Gasteiger partial charge is 0.178 e. The van der Waals surface area contributed by atoms with E-state index < -0.39 is 0 Å². The van der Waals surface area contributed by atoms with Crippen molar-refractivity contribution in [3.63, 3.8) is 0 Å². The summed E-state index contributed by atoms with van der Waals surface area (Å²) < 4.78 is 16.5. The third-order valence-electron chi connectivity index (χ3n) is 3.30. The van der Waals surface area contributed by atoms with Gasteiger partial charge in [-0.2, -0.15) is 0 Å². The average molecular weight is 298 g/mol. The van der Waals surface area contributed by atoms with Gasteiger partial charge in [0.2, 0.25) is 0 Å². The Bertz CT molecular complexity index is 546. The van der Waals surface area contributed by atoms with Gasteiger partial charge >= 0.3 is 0 Å². The van der Waals surface area contributed by atoms with Gasteiger partial charge in [-0.15, -0.1) is 0 Å². The molecule has 5 heteroatoms. The molecule has 0 atom stereocenters. The number of para-hydroxylation sites is 1. The Morgan fingerprint density at radius 3 is 2.88 bits per heavy atom. The summed E-state index contributed by atoms with van der Waals surface area (Å²) in [5.74, 6) is -0.254. The Morgan fingerprint density at radius 1 is 1.35 bits per heavy atom. The summed E-state index contributed by atoms with van der Waals surface area (Å²) in [5, 5.41) is 3.33. The average Bonchev–Trinajstić information content (AvgIpc) is 2.68. The molecule has 1 N–H and O–H groups in total. The van der Waals surface area contributed by atoms with Crippen LogP contribution in [0.1, 0.15) is 18.9 Å². The number of halogens is 2. The van der Waals surface area contributed by atoms with Crippen LogP contribution in [-0.2, 0) is 0 Å². The number of imidazole rings is 1. The van der Waals surface area contributed by atoms with E-state index in [1.54, 1.807) is 6.07 Å². The molecule has 1 aromatic heterocycles. The maximum Gasteiger partial charge on any atom is 0.178 e. The van der Waals surface area contributed by atoms with E-state index in [0.29, 0.717) is 11.6 Å². The van der Waals surface area contributed by atoms with Crippen LogP contribution in [0.5, 0.6) is 0 Å². The van der Waals surface area contributed by atoms with Gasteiger partial charge in [0.25, 0.3) is 0 Å². The molecule has 1 aliphatic rings. The fraction of sp³-hybridized carbons (Fsp3) is 0.417. The quantitative estimate of drug-likeness (QED) is 0.877. The van der Waals surface area contributed by atoms with Gasteiger partial charge in [0, 0.05) is 6.04 Å². The lowest BCUT2D eigenvalue weighted by Crippen LogP contribution is -2.29. The zero-order chi connectivity index (χ0) is 11.8. The number of rotatable bonds is 1. The molecule has 0 saturated carbocycles. The summed E-state index contributed by atoms with van der Waals surface area (Å²) in [6.07, 6.45) is 2.11. The van der Waals surface area contributed by atoms with Crippen LogP contribution in [0.3, 0.4) is 0 Å². The SMILES string of the molecule is Fc1cccc2c1nc(Br)n2C1CCNCC1. The van der Waals surface area contributed by atoms with E-state index in [9.17, 15) is 4.39 Å². The Kier molecular flexibility index (Phi) is 2.88. The molecule has 17 heavy (non-hydrogen) atoms. The number of hydrogen-bond acceptors (Lipinski definition) is 2. The fourth-order valence-electron chi connectivity index (χ4n) is 2.47. The Labute approximate surface area is 107 Å². The highest BCUT2D eigenvalue weighted by Crippen LogP contribution is 2.30. The normalized spacial score (nSPS) is 17.8. The van der Waals surface area contributed by atoms with Crippen molar-refractivity contribution < 1.29 is 4.39 Å². The van der Waals surface area contributed by atoms with Crippen LogP contribution in [-0.4, -0.2) is 22.6 Å². The van der Waals surface area contributed by atoms with Crippen molar-refractivity contribution in [2.24, 2.45) is 0 Å². The summed E-state index contributed by atoms with van der Waals surface area (Å²) in [4.78, 5) is 4.27. The van der Waals surface area contributed by atoms with Crippen molar-refractivity contribution in [2.45, 2.75) is 18.9 Å². The zero-order valence-corrected chi connectivity index (χ0v) is 10.9. The molecule has 3 nitrogen and oxygen atoms in total. The topological polar surface area (TPSA) is 29.9 Å². The van der Waals surface area contributed by atoms with Gasteiger partial charge in [0.05, 0.1) is 5.52 Å². The molecule has 2 aromatic rings. The van der Waals surface area contributed by atoms with E-state index in [1.165, 1.54) is 6.07 Å². The van der Waals surface area contributed by atoms with Gasteiger partial charge in [0.1, 0.15) is 5.52 Å². The molecule has 0 amide bonds. The van der Waals surface area contributed by atoms with Crippen LogP contribution in [0.15, 0.2) is 22.9 Å². The van der Waals surface area contributed by atoms with Crippen LogP contribution in [0.25, 0.3) is 11.0 Å². The van der Waals surface area contributed by atoms with Crippen molar-refractivity contribution in [3.8, 4) is 0 Å². The maximum atomic E-state index is 13.6. The molecule has 1 aromatic carbocycles. The zero-order valence-electron chi connectivity index (χ0n) is 9.29. The van der Waals surface area contributed by atoms with E-state index in [2.05, 4.69) is 30.8 Å². The summed E-state index contributed by atoms with van der Waals surface area (Å²) >= 11 is 3.44. The van der Waals surface area contributed by atoms with Gasteiger partial charge in [-0.05, 0) is 54.0 Å². The van der Waals surface area contributed by atoms with Gasteiger partial charge in [-0.25, -0.2) is 9.37 Å². The minimum absolute atomic E-state index is 0.254. The molecule has 2 heterocycles. The Hall–Kier alpha value is -0.940. The molecular weight excluding hydrogens is 285 g/mol. The third-order valence-corrected chi connectivity index (χ3v) is 3.86. The first-order valence-electron chi connectivity index (χ1n) is 5.80. The van der Waals surface area contributed by atoms with Crippen LogP contribution < -0.4 is 5.32 Å². The highest BCUT2D eigenvalue weighted by atomic mass is 79.9. The molecule has 1 saturated heterocycles. The summed E-state index contributed by atoms with van der Waals surface area (Å²) in [7, 11) is 0. The van der Waals surface area contributed by atoms with E-state index in [-0.39, 0.29) is 5.82 Å². The second-order valence-corrected chi connectivity index (χ2v) is 5.05. The molecule has 0 radical (unpaired) electrons. The summed E-state index contributed by atoms with van der Waals surface area (Å²) in [5.41, 5.74) is 1.33. The lowest BCUT2D eigenvalue weighted by Gasteiger charge is -2.25. The Balaban J connectivity index is 2.14. The molecule has 1 fully saturated rings. The number of fused-ring (bicyclic) bond motifs is 1. The third kappa shape index (κ3) is 1.87. The molecule has 0 bridgehead atoms. The Morgan fingerprint density at radius 2 is 2.12 bits per heavy atom. The number of nitrogens with zero attached hydrogens (tertiary/aromatic N) is 2. The van der Waals surface area contributed by atoms with E-state index >= 15 is 0 Å². The monoisotopic (exact) mass is 297 g/mol. The first-order valence-corrected chi connectivity index (χ1v) is 6.59.